The maximum atomic E-state index is 12.1. The number of aliphatic imine (C=N–C) groups is 1. The van der Waals surface area contributed by atoms with E-state index in [9.17, 15) is 18.0 Å². The molecule has 1 amide bonds. The zero-order valence-corrected chi connectivity index (χ0v) is 19.5. The molecule has 2 N–H and O–H groups in total. The summed E-state index contributed by atoms with van der Waals surface area (Å²) in [7, 11) is 0. The highest BCUT2D eigenvalue weighted by molar-refractivity contribution is 14.0. The second kappa shape index (κ2) is 13.7. The predicted octanol–water partition coefficient (Wildman–Crippen LogP) is 3.45. The highest BCUT2D eigenvalue weighted by Gasteiger charge is 2.27. The molecule has 2 rings (SSSR count). The van der Waals surface area contributed by atoms with Crippen LogP contribution in [0.1, 0.15) is 37.3 Å². The molecule has 0 radical (unpaired) electrons. The quantitative estimate of drug-likeness (QED) is 0.206. The van der Waals surface area contributed by atoms with E-state index < -0.39 is 12.8 Å². The van der Waals surface area contributed by atoms with Crippen molar-refractivity contribution in [1.82, 2.24) is 15.5 Å². The van der Waals surface area contributed by atoms with Gasteiger partial charge in [0, 0.05) is 32.6 Å². The number of guanidine groups is 1. The number of halogens is 4. The van der Waals surface area contributed by atoms with Crippen molar-refractivity contribution in [2.24, 2.45) is 4.99 Å². The summed E-state index contributed by atoms with van der Waals surface area (Å²) >= 11 is 0. The second-order valence-electron chi connectivity index (χ2n) is 6.88. The van der Waals surface area contributed by atoms with E-state index in [1.165, 1.54) is 0 Å². The van der Waals surface area contributed by atoms with Crippen LogP contribution in [0.5, 0.6) is 0 Å². The standard InChI is InChI=1S/C20H29F3N4O2.HI/c1-2-24-19(25-10-4-12-27-11-3-5-18(27)28)26-13-16-6-8-17(9-7-16)14-29-15-20(21,22)23;/h6-9H,2-5,10-15H2,1H3,(H2,24,25,26);1H. The molecule has 0 aromatic heterocycles. The molecule has 0 saturated carbocycles. The number of hydrogen-bond acceptors (Lipinski definition) is 3. The molecule has 0 bridgehead atoms. The summed E-state index contributed by atoms with van der Waals surface area (Å²) in [6.07, 6.45) is -1.86. The molecule has 1 fully saturated rings. The number of hydrogen-bond donors (Lipinski definition) is 2. The molecule has 1 aromatic rings. The van der Waals surface area contributed by atoms with Gasteiger partial charge in [-0.1, -0.05) is 24.3 Å². The van der Waals surface area contributed by atoms with Crippen LogP contribution < -0.4 is 10.6 Å². The molecule has 0 unspecified atom stereocenters. The van der Waals surface area contributed by atoms with Gasteiger partial charge in [0.25, 0.3) is 0 Å². The van der Waals surface area contributed by atoms with Crippen LogP contribution in [-0.4, -0.2) is 55.7 Å². The summed E-state index contributed by atoms with van der Waals surface area (Å²) in [5.74, 6) is 0.927. The van der Waals surface area contributed by atoms with Gasteiger partial charge in [0.15, 0.2) is 5.96 Å². The first-order valence-corrected chi connectivity index (χ1v) is 9.89. The first-order chi connectivity index (χ1) is 13.9. The molecule has 10 heteroatoms. The van der Waals surface area contributed by atoms with Gasteiger partial charge in [-0.3, -0.25) is 4.79 Å². The molecule has 0 spiro atoms. The first-order valence-electron chi connectivity index (χ1n) is 9.89. The van der Waals surface area contributed by atoms with E-state index in [0.717, 1.165) is 38.0 Å². The third-order valence-electron chi connectivity index (χ3n) is 4.39. The van der Waals surface area contributed by atoms with Crippen molar-refractivity contribution in [2.45, 2.75) is 45.5 Å². The van der Waals surface area contributed by atoms with Crippen molar-refractivity contribution in [2.75, 3.05) is 32.8 Å². The van der Waals surface area contributed by atoms with E-state index in [-0.39, 0.29) is 36.5 Å². The van der Waals surface area contributed by atoms with Crippen molar-refractivity contribution >= 4 is 35.8 Å². The molecule has 1 aliphatic heterocycles. The Hall–Kier alpha value is -1.56. The summed E-state index contributed by atoms with van der Waals surface area (Å²) in [4.78, 5) is 18.0. The Balaban J connectivity index is 0.00000450. The molecule has 6 nitrogen and oxygen atoms in total. The van der Waals surface area contributed by atoms with Crippen LogP contribution in [0.15, 0.2) is 29.3 Å². The average molecular weight is 542 g/mol. The van der Waals surface area contributed by atoms with Crippen LogP contribution in [0, 0.1) is 0 Å². The fourth-order valence-corrected chi connectivity index (χ4v) is 2.95. The minimum absolute atomic E-state index is 0. The van der Waals surface area contributed by atoms with Crippen LogP contribution in [0.3, 0.4) is 0 Å². The Kier molecular flexibility index (Phi) is 12.1. The highest BCUT2D eigenvalue weighted by Crippen LogP contribution is 2.16. The maximum absolute atomic E-state index is 12.1. The predicted molar refractivity (Wildman–Crippen MR) is 121 cm³/mol. The molecule has 1 saturated heterocycles. The summed E-state index contributed by atoms with van der Waals surface area (Å²) < 4.78 is 41.0. The lowest BCUT2D eigenvalue weighted by atomic mass is 10.1. The zero-order valence-electron chi connectivity index (χ0n) is 17.1. The molecule has 1 aliphatic rings. The van der Waals surface area contributed by atoms with Crippen LogP contribution in [0.4, 0.5) is 13.2 Å². The molecule has 1 heterocycles. The smallest absolute Gasteiger partial charge is 0.367 e. The minimum atomic E-state index is -4.31. The monoisotopic (exact) mass is 542 g/mol. The number of amides is 1. The maximum Gasteiger partial charge on any atom is 0.411 e. The number of nitrogens with one attached hydrogen (secondary N) is 2. The summed E-state index contributed by atoms with van der Waals surface area (Å²) in [6.45, 7) is 4.15. The molecule has 0 atom stereocenters. The van der Waals surface area contributed by atoms with Crippen molar-refractivity contribution in [3.05, 3.63) is 35.4 Å². The summed E-state index contributed by atoms with van der Waals surface area (Å²) in [6, 6.07) is 7.15. The van der Waals surface area contributed by atoms with E-state index >= 15 is 0 Å². The van der Waals surface area contributed by atoms with Crippen molar-refractivity contribution in [3.8, 4) is 0 Å². The lowest BCUT2D eigenvalue weighted by Gasteiger charge is -2.16. The summed E-state index contributed by atoms with van der Waals surface area (Å²) in [5.41, 5.74) is 1.63. The lowest BCUT2D eigenvalue weighted by molar-refractivity contribution is -0.176. The number of rotatable bonds is 10. The van der Waals surface area contributed by atoms with Crippen LogP contribution >= 0.6 is 24.0 Å². The van der Waals surface area contributed by atoms with Crippen molar-refractivity contribution in [1.29, 1.82) is 0 Å². The third kappa shape index (κ3) is 10.5. The van der Waals surface area contributed by atoms with E-state index in [1.807, 2.05) is 24.0 Å². The number of nitrogens with zero attached hydrogens (tertiary/aromatic N) is 2. The van der Waals surface area contributed by atoms with Gasteiger partial charge in [-0.05, 0) is 30.9 Å². The van der Waals surface area contributed by atoms with Gasteiger partial charge >= 0.3 is 6.18 Å². The average Bonchev–Trinajstić information content (AvgIpc) is 3.08. The second-order valence-corrected chi connectivity index (χ2v) is 6.88. The fraction of sp³-hybridized carbons (Fsp3) is 0.600. The number of benzene rings is 1. The molecule has 30 heavy (non-hydrogen) atoms. The van der Waals surface area contributed by atoms with Gasteiger partial charge in [0.2, 0.25) is 5.91 Å². The normalized spacial score (nSPS) is 14.6. The number of carbonyl (C=O) groups excluding carboxylic acids is 1. The zero-order chi connectivity index (χ0) is 21.1. The molecule has 170 valence electrons. The minimum Gasteiger partial charge on any atom is -0.367 e. The largest absolute Gasteiger partial charge is 0.411 e. The number of carbonyl (C=O) groups is 1. The molecule has 1 aromatic carbocycles. The highest BCUT2D eigenvalue weighted by atomic mass is 127. The van der Waals surface area contributed by atoms with Gasteiger partial charge < -0.3 is 20.3 Å². The molecule has 0 aliphatic carbocycles. The molecular weight excluding hydrogens is 512 g/mol. The number of ether oxygens (including phenoxy) is 1. The van der Waals surface area contributed by atoms with Gasteiger partial charge in [0.1, 0.15) is 6.61 Å². The number of likely N-dealkylation sites (tertiary alicyclic amines) is 1. The van der Waals surface area contributed by atoms with Gasteiger partial charge in [-0.2, -0.15) is 13.2 Å². The number of alkyl halides is 3. The topological polar surface area (TPSA) is 66.0 Å². The Morgan fingerprint density at radius 2 is 1.90 bits per heavy atom. The van der Waals surface area contributed by atoms with Gasteiger partial charge in [-0.15, -0.1) is 24.0 Å². The Morgan fingerprint density at radius 1 is 1.20 bits per heavy atom. The van der Waals surface area contributed by atoms with E-state index in [1.54, 1.807) is 12.1 Å². The van der Waals surface area contributed by atoms with Crippen LogP contribution in [0.25, 0.3) is 0 Å². The van der Waals surface area contributed by atoms with Crippen molar-refractivity contribution < 1.29 is 22.7 Å². The van der Waals surface area contributed by atoms with E-state index in [2.05, 4.69) is 20.4 Å². The van der Waals surface area contributed by atoms with Crippen molar-refractivity contribution in [3.63, 3.8) is 0 Å². The van der Waals surface area contributed by atoms with E-state index in [4.69, 9.17) is 0 Å². The lowest BCUT2D eigenvalue weighted by Crippen LogP contribution is -2.39. The Labute approximate surface area is 192 Å². The van der Waals surface area contributed by atoms with Gasteiger partial charge in [-0.25, -0.2) is 4.99 Å². The first kappa shape index (κ1) is 26.5. The Bertz CT molecular complexity index is 669. The fourth-order valence-electron chi connectivity index (χ4n) is 2.95. The van der Waals surface area contributed by atoms with E-state index in [0.29, 0.717) is 31.0 Å². The molecular formula is C20H30F3IN4O2. The van der Waals surface area contributed by atoms with Crippen LogP contribution in [0.2, 0.25) is 0 Å². The Morgan fingerprint density at radius 3 is 2.50 bits per heavy atom. The SMILES string of the molecule is CCNC(=NCc1ccc(COCC(F)(F)F)cc1)NCCCN1CCCC1=O.I. The summed E-state index contributed by atoms with van der Waals surface area (Å²) in [5, 5.41) is 6.43. The van der Waals surface area contributed by atoms with Gasteiger partial charge in [0.05, 0.1) is 13.2 Å². The van der Waals surface area contributed by atoms with Crippen LogP contribution in [-0.2, 0) is 22.7 Å². The third-order valence-corrected chi connectivity index (χ3v) is 4.39.